The first-order valence-electron chi connectivity index (χ1n) is 8.20. The van der Waals surface area contributed by atoms with Crippen molar-refractivity contribution in [3.8, 4) is 5.75 Å². The zero-order valence-electron chi connectivity index (χ0n) is 15.3. The monoisotopic (exact) mass is 503 g/mol. The van der Waals surface area contributed by atoms with Crippen LogP contribution in [-0.4, -0.2) is 39.0 Å². The van der Waals surface area contributed by atoms with E-state index in [1.54, 1.807) is 19.2 Å². The lowest BCUT2D eigenvalue weighted by Gasteiger charge is -2.15. The summed E-state index contributed by atoms with van der Waals surface area (Å²) >= 11 is 0. The quantitative estimate of drug-likeness (QED) is 0.177. The lowest BCUT2D eigenvalue weighted by atomic mass is 10.2. The van der Waals surface area contributed by atoms with Crippen molar-refractivity contribution in [2.45, 2.75) is 38.6 Å². The molecule has 0 fully saturated rings. The maximum Gasteiger partial charge on any atom is 0.573 e. The van der Waals surface area contributed by atoms with Crippen LogP contribution in [0.3, 0.4) is 0 Å². The summed E-state index contributed by atoms with van der Waals surface area (Å²) < 4.78 is 45.8. The third-order valence-corrected chi connectivity index (χ3v) is 3.45. The molecular weight excluding hydrogens is 478 g/mol. The van der Waals surface area contributed by atoms with E-state index in [1.165, 1.54) is 19.2 Å². The number of unbranched alkanes of at least 4 members (excludes halogenated alkanes) is 2. The zero-order chi connectivity index (χ0) is 19.4. The van der Waals surface area contributed by atoms with Gasteiger partial charge in [-0.25, -0.2) is 0 Å². The molecular formula is C17H25F3IN3O3. The van der Waals surface area contributed by atoms with Crippen molar-refractivity contribution >= 4 is 35.9 Å². The molecule has 0 unspecified atom stereocenters. The molecule has 1 aromatic carbocycles. The smallest absolute Gasteiger partial charge is 0.469 e. The predicted octanol–water partition coefficient (Wildman–Crippen LogP) is 3.60. The fraction of sp³-hybridized carbons (Fsp3) is 0.529. The Balaban J connectivity index is 0.00000676. The average molecular weight is 503 g/mol. The minimum atomic E-state index is -4.74. The first kappa shape index (κ1) is 25.3. The van der Waals surface area contributed by atoms with Crippen molar-refractivity contribution in [1.29, 1.82) is 0 Å². The largest absolute Gasteiger partial charge is 0.573 e. The van der Waals surface area contributed by atoms with Crippen LogP contribution < -0.4 is 15.4 Å². The molecule has 0 saturated heterocycles. The predicted molar refractivity (Wildman–Crippen MR) is 107 cm³/mol. The molecule has 0 aromatic heterocycles. The summed E-state index contributed by atoms with van der Waals surface area (Å²) in [4.78, 5) is 15.0. The Hall–Kier alpha value is -1.72. The number of aliphatic imine (C=N–C) groups is 1. The molecule has 0 aliphatic rings. The number of hydrogen-bond donors (Lipinski definition) is 2. The average Bonchev–Trinajstić information content (AvgIpc) is 2.60. The van der Waals surface area contributed by atoms with Gasteiger partial charge in [0.25, 0.3) is 0 Å². The third kappa shape index (κ3) is 11.6. The van der Waals surface area contributed by atoms with Gasteiger partial charge in [-0.15, -0.1) is 37.1 Å². The summed E-state index contributed by atoms with van der Waals surface area (Å²) in [5, 5.41) is 6.02. The molecule has 10 heteroatoms. The van der Waals surface area contributed by atoms with Crippen molar-refractivity contribution in [1.82, 2.24) is 10.6 Å². The first-order valence-corrected chi connectivity index (χ1v) is 8.20. The Labute approximate surface area is 173 Å². The molecule has 0 radical (unpaired) electrons. The van der Waals surface area contributed by atoms with E-state index in [-0.39, 0.29) is 42.2 Å². The number of esters is 1. The van der Waals surface area contributed by atoms with E-state index in [2.05, 4.69) is 25.1 Å². The van der Waals surface area contributed by atoms with Crippen molar-refractivity contribution in [3.63, 3.8) is 0 Å². The number of hydrogen-bond acceptors (Lipinski definition) is 4. The van der Waals surface area contributed by atoms with Gasteiger partial charge in [0.05, 0.1) is 7.11 Å². The van der Waals surface area contributed by atoms with Crippen LogP contribution in [0.4, 0.5) is 13.2 Å². The fourth-order valence-corrected chi connectivity index (χ4v) is 2.15. The summed E-state index contributed by atoms with van der Waals surface area (Å²) in [7, 11) is 2.93. The van der Waals surface area contributed by atoms with E-state index < -0.39 is 6.36 Å². The van der Waals surface area contributed by atoms with Gasteiger partial charge in [-0.05, 0) is 18.9 Å². The van der Waals surface area contributed by atoms with Crippen molar-refractivity contribution < 1.29 is 27.4 Å². The molecule has 0 heterocycles. The number of alkyl halides is 3. The highest BCUT2D eigenvalue weighted by Crippen LogP contribution is 2.25. The van der Waals surface area contributed by atoms with Crippen LogP contribution in [0, 0.1) is 0 Å². The molecule has 0 aliphatic heterocycles. The molecule has 0 amide bonds. The number of ether oxygens (including phenoxy) is 2. The highest BCUT2D eigenvalue weighted by Gasteiger charge is 2.31. The molecule has 0 aliphatic carbocycles. The number of nitrogens with zero attached hydrogens (tertiary/aromatic N) is 1. The second kappa shape index (κ2) is 13.4. The van der Waals surface area contributed by atoms with Crippen molar-refractivity contribution in [2.75, 3.05) is 20.7 Å². The van der Waals surface area contributed by atoms with Crippen LogP contribution in [-0.2, 0) is 16.1 Å². The normalized spacial score (nSPS) is 11.4. The van der Waals surface area contributed by atoms with Gasteiger partial charge >= 0.3 is 12.3 Å². The minimum absolute atomic E-state index is 0. The van der Waals surface area contributed by atoms with Crippen LogP contribution in [0.1, 0.15) is 31.2 Å². The minimum Gasteiger partial charge on any atom is -0.469 e. The number of benzene rings is 1. The number of rotatable bonds is 9. The van der Waals surface area contributed by atoms with Gasteiger partial charge in [0.15, 0.2) is 5.96 Å². The van der Waals surface area contributed by atoms with Crippen LogP contribution in [0.5, 0.6) is 5.75 Å². The Kier molecular flexibility index (Phi) is 12.6. The molecule has 0 saturated carbocycles. The van der Waals surface area contributed by atoms with Crippen molar-refractivity contribution in [3.05, 3.63) is 29.8 Å². The summed E-state index contributed by atoms with van der Waals surface area (Å²) in [5.74, 6) is 0.000666. The van der Waals surface area contributed by atoms with Gasteiger partial charge in [-0.2, -0.15) is 0 Å². The Morgan fingerprint density at radius 2 is 1.85 bits per heavy atom. The Morgan fingerprint density at radius 1 is 1.15 bits per heavy atom. The summed E-state index contributed by atoms with van der Waals surface area (Å²) in [6.45, 7) is 0.760. The van der Waals surface area contributed by atoms with E-state index >= 15 is 0 Å². The van der Waals surface area contributed by atoms with E-state index in [0.29, 0.717) is 24.5 Å². The standard InChI is InChI=1S/C17H24F3N3O3.HI/c1-21-16(22-11-7-3-4-10-15(24)25-2)23-12-13-8-5-6-9-14(13)26-17(18,19)20;/h5-6,8-9H,3-4,7,10-12H2,1-2H3,(H2,21,22,23);1H. The van der Waals surface area contributed by atoms with Gasteiger partial charge in [-0.1, -0.05) is 24.6 Å². The molecule has 1 rings (SSSR count). The van der Waals surface area contributed by atoms with Gasteiger partial charge in [0.1, 0.15) is 5.75 Å². The molecule has 0 bridgehead atoms. The maximum absolute atomic E-state index is 12.4. The lowest BCUT2D eigenvalue weighted by molar-refractivity contribution is -0.274. The molecule has 1 aromatic rings. The van der Waals surface area contributed by atoms with Gasteiger partial charge in [0, 0.05) is 32.1 Å². The molecule has 6 nitrogen and oxygen atoms in total. The second-order valence-corrected chi connectivity index (χ2v) is 5.39. The number of halogens is 4. The number of carbonyl (C=O) groups excluding carboxylic acids is 1. The van der Waals surface area contributed by atoms with Crippen LogP contribution in [0.2, 0.25) is 0 Å². The Morgan fingerprint density at radius 3 is 2.48 bits per heavy atom. The topological polar surface area (TPSA) is 72.0 Å². The first-order chi connectivity index (χ1) is 12.4. The molecule has 27 heavy (non-hydrogen) atoms. The van der Waals surface area contributed by atoms with Crippen molar-refractivity contribution in [2.24, 2.45) is 4.99 Å². The lowest BCUT2D eigenvalue weighted by Crippen LogP contribution is -2.37. The highest BCUT2D eigenvalue weighted by molar-refractivity contribution is 14.0. The second-order valence-electron chi connectivity index (χ2n) is 5.39. The van der Waals surface area contributed by atoms with E-state index in [4.69, 9.17) is 0 Å². The van der Waals surface area contributed by atoms with E-state index in [1.807, 2.05) is 0 Å². The molecule has 0 spiro atoms. The number of methoxy groups -OCH3 is 1. The number of para-hydroxylation sites is 1. The zero-order valence-corrected chi connectivity index (χ0v) is 17.6. The number of carbonyl (C=O) groups is 1. The highest BCUT2D eigenvalue weighted by atomic mass is 127. The van der Waals surface area contributed by atoms with Crippen LogP contribution in [0.15, 0.2) is 29.3 Å². The van der Waals surface area contributed by atoms with Crippen LogP contribution >= 0.6 is 24.0 Å². The summed E-state index contributed by atoms with van der Waals surface area (Å²) in [6.07, 6.45) is -1.94. The summed E-state index contributed by atoms with van der Waals surface area (Å²) in [6, 6.07) is 5.93. The maximum atomic E-state index is 12.4. The third-order valence-electron chi connectivity index (χ3n) is 3.45. The fourth-order valence-electron chi connectivity index (χ4n) is 2.15. The Bertz CT molecular complexity index is 598. The van der Waals surface area contributed by atoms with E-state index in [9.17, 15) is 18.0 Å². The van der Waals surface area contributed by atoms with E-state index in [0.717, 1.165) is 19.3 Å². The molecule has 2 N–H and O–H groups in total. The molecule has 0 atom stereocenters. The molecule has 154 valence electrons. The summed E-state index contributed by atoms with van der Waals surface area (Å²) in [5.41, 5.74) is 0.367. The van der Waals surface area contributed by atoms with Gasteiger partial charge in [0.2, 0.25) is 0 Å². The SMILES string of the molecule is CN=C(NCCCCCC(=O)OC)NCc1ccccc1OC(F)(F)F.I. The number of nitrogens with one attached hydrogen (secondary N) is 2. The number of guanidine groups is 1. The van der Waals surface area contributed by atoms with Crippen LogP contribution in [0.25, 0.3) is 0 Å². The van der Waals surface area contributed by atoms with Gasteiger partial charge in [-0.3, -0.25) is 9.79 Å². The van der Waals surface area contributed by atoms with Gasteiger partial charge < -0.3 is 20.1 Å².